The Labute approximate surface area is 121 Å². The molecule has 2 fully saturated rings. The summed E-state index contributed by atoms with van der Waals surface area (Å²) in [5, 5.41) is 3.48. The Morgan fingerprint density at radius 1 is 1.25 bits per heavy atom. The van der Waals surface area contributed by atoms with Crippen LogP contribution >= 0.6 is 0 Å². The second-order valence-electron chi connectivity index (χ2n) is 6.75. The second-order valence-corrected chi connectivity index (χ2v) is 6.75. The van der Waals surface area contributed by atoms with Gasteiger partial charge in [0.05, 0.1) is 16.9 Å². The monoisotopic (exact) mass is 274 g/mol. The smallest absolute Gasteiger partial charge is 0.399 e. The Balaban J connectivity index is 1.83. The van der Waals surface area contributed by atoms with Gasteiger partial charge in [-0.3, -0.25) is 4.98 Å². The minimum absolute atomic E-state index is 0.299. The zero-order chi connectivity index (χ0) is 14.4. The molecular formula is C15H23BN2O2. The second kappa shape index (κ2) is 4.83. The van der Waals surface area contributed by atoms with Gasteiger partial charge >= 0.3 is 7.12 Å². The number of aromatic nitrogens is 1. The zero-order valence-corrected chi connectivity index (χ0v) is 12.8. The first-order valence-corrected chi connectivity index (χ1v) is 7.44. The normalized spacial score (nSPS) is 28.0. The van der Waals surface area contributed by atoms with Crippen molar-refractivity contribution in [2.75, 3.05) is 6.54 Å². The number of nitrogens with zero attached hydrogens (tertiary/aromatic N) is 1. The maximum atomic E-state index is 6.10. The van der Waals surface area contributed by atoms with E-state index in [9.17, 15) is 0 Å². The summed E-state index contributed by atoms with van der Waals surface area (Å²) in [7, 11) is -0.303. The fourth-order valence-corrected chi connectivity index (χ4v) is 2.72. The minimum atomic E-state index is -0.303. The molecule has 1 N–H and O–H groups in total. The van der Waals surface area contributed by atoms with Gasteiger partial charge in [-0.15, -0.1) is 0 Å². The van der Waals surface area contributed by atoms with Crippen molar-refractivity contribution in [3.63, 3.8) is 0 Å². The van der Waals surface area contributed by atoms with Gasteiger partial charge in [0.25, 0.3) is 0 Å². The quantitative estimate of drug-likeness (QED) is 0.835. The molecule has 0 spiro atoms. The molecule has 4 nitrogen and oxygen atoms in total. The molecule has 108 valence electrons. The zero-order valence-electron chi connectivity index (χ0n) is 12.8. The van der Waals surface area contributed by atoms with Gasteiger partial charge in [-0.05, 0) is 64.7 Å². The number of rotatable bonds is 2. The number of nitrogens with one attached hydrogen (secondary N) is 1. The van der Waals surface area contributed by atoms with E-state index in [1.54, 1.807) is 0 Å². The highest BCUT2D eigenvalue weighted by molar-refractivity contribution is 6.62. The molecule has 1 atom stereocenters. The summed E-state index contributed by atoms with van der Waals surface area (Å²) < 4.78 is 12.2. The summed E-state index contributed by atoms with van der Waals surface area (Å²) in [4.78, 5) is 4.49. The highest BCUT2D eigenvalue weighted by Gasteiger charge is 2.51. The number of pyridine rings is 1. The van der Waals surface area contributed by atoms with Crippen molar-refractivity contribution in [1.29, 1.82) is 0 Å². The Bertz CT molecular complexity index is 482. The minimum Gasteiger partial charge on any atom is -0.399 e. The molecule has 1 aromatic heterocycles. The van der Waals surface area contributed by atoms with Crippen LogP contribution in [0.1, 0.15) is 52.3 Å². The average molecular weight is 274 g/mol. The van der Waals surface area contributed by atoms with Gasteiger partial charge in [0, 0.05) is 12.2 Å². The first-order chi connectivity index (χ1) is 9.39. The molecule has 1 aromatic rings. The van der Waals surface area contributed by atoms with Crippen LogP contribution in [0.3, 0.4) is 0 Å². The summed E-state index contributed by atoms with van der Waals surface area (Å²) in [6, 6.07) is 4.48. The van der Waals surface area contributed by atoms with Crippen LogP contribution in [0, 0.1) is 0 Å². The molecule has 0 bridgehead atoms. The lowest BCUT2D eigenvalue weighted by Gasteiger charge is -2.32. The van der Waals surface area contributed by atoms with Crippen molar-refractivity contribution >= 4 is 12.6 Å². The maximum Gasteiger partial charge on any atom is 0.494 e. The van der Waals surface area contributed by atoms with Gasteiger partial charge in [0.15, 0.2) is 0 Å². The molecular weight excluding hydrogens is 251 g/mol. The van der Waals surface area contributed by atoms with Crippen LogP contribution in [0.15, 0.2) is 18.3 Å². The number of hydrogen-bond donors (Lipinski definition) is 1. The summed E-state index contributed by atoms with van der Waals surface area (Å²) in [6.45, 7) is 9.38. The fourth-order valence-electron chi connectivity index (χ4n) is 2.72. The third-order valence-corrected chi connectivity index (χ3v) is 4.75. The first-order valence-electron chi connectivity index (χ1n) is 7.44. The Kier molecular flexibility index (Phi) is 3.39. The van der Waals surface area contributed by atoms with Crippen LogP contribution in [0.25, 0.3) is 0 Å². The van der Waals surface area contributed by atoms with E-state index in [-0.39, 0.29) is 18.3 Å². The Hall–Kier alpha value is -0.905. The maximum absolute atomic E-state index is 6.10. The van der Waals surface area contributed by atoms with E-state index in [4.69, 9.17) is 9.31 Å². The van der Waals surface area contributed by atoms with E-state index in [2.05, 4.69) is 44.1 Å². The first kappa shape index (κ1) is 14.0. The van der Waals surface area contributed by atoms with Crippen molar-refractivity contribution in [2.24, 2.45) is 0 Å². The van der Waals surface area contributed by atoms with Gasteiger partial charge in [-0.1, -0.05) is 0 Å². The third kappa shape index (κ3) is 2.38. The van der Waals surface area contributed by atoms with Crippen LogP contribution < -0.4 is 10.8 Å². The summed E-state index contributed by atoms with van der Waals surface area (Å²) in [6.07, 6.45) is 4.22. The standard InChI is InChI=1S/C15H23BN2O2/c1-14(2)15(3,4)20-16(19-14)11-7-9-18-13(10-11)12-6-5-8-17-12/h7,9-10,12,17H,5-6,8H2,1-4H3/t12-/m1/s1. The fraction of sp³-hybridized carbons (Fsp3) is 0.667. The highest BCUT2D eigenvalue weighted by Crippen LogP contribution is 2.36. The lowest BCUT2D eigenvalue weighted by Crippen LogP contribution is -2.41. The van der Waals surface area contributed by atoms with Crippen molar-refractivity contribution in [3.05, 3.63) is 24.0 Å². The van der Waals surface area contributed by atoms with Crippen LogP contribution in [0.2, 0.25) is 0 Å². The summed E-state index contributed by atoms with van der Waals surface area (Å²) in [5.41, 5.74) is 1.55. The summed E-state index contributed by atoms with van der Waals surface area (Å²) >= 11 is 0. The summed E-state index contributed by atoms with van der Waals surface area (Å²) in [5.74, 6) is 0. The SMILES string of the molecule is CC1(C)OB(c2ccnc([C@H]3CCCN3)c2)OC1(C)C. The molecule has 2 aliphatic rings. The van der Waals surface area contributed by atoms with Crippen LogP contribution in [-0.2, 0) is 9.31 Å². The van der Waals surface area contributed by atoms with Gasteiger partial charge in [0.2, 0.25) is 0 Å². The Morgan fingerprint density at radius 3 is 2.55 bits per heavy atom. The molecule has 3 rings (SSSR count). The van der Waals surface area contributed by atoms with Crippen molar-refractivity contribution < 1.29 is 9.31 Å². The molecule has 0 aliphatic carbocycles. The number of hydrogen-bond acceptors (Lipinski definition) is 4. The molecule has 2 aliphatic heterocycles. The van der Waals surface area contributed by atoms with E-state index >= 15 is 0 Å². The van der Waals surface area contributed by atoms with E-state index in [0.717, 1.165) is 24.1 Å². The molecule has 20 heavy (non-hydrogen) atoms. The molecule has 0 radical (unpaired) electrons. The lowest BCUT2D eigenvalue weighted by atomic mass is 9.79. The van der Waals surface area contributed by atoms with E-state index in [1.807, 2.05) is 12.3 Å². The predicted molar refractivity (Wildman–Crippen MR) is 79.9 cm³/mol. The van der Waals surface area contributed by atoms with Gasteiger partial charge in [-0.25, -0.2) is 0 Å². The average Bonchev–Trinajstić information content (AvgIpc) is 2.97. The molecule has 0 unspecified atom stereocenters. The largest absolute Gasteiger partial charge is 0.494 e. The van der Waals surface area contributed by atoms with Crippen LogP contribution in [0.4, 0.5) is 0 Å². The van der Waals surface area contributed by atoms with Gasteiger partial charge < -0.3 is 14.6 Å². The molecule has 0 aromatic carbocycles. The van der Waals surface area contributed by atoms with Crippen molar-refractivity contribution in [3.8, 4) is 0 Å². The molecule has 5 heteroatoms. The molecule has 0 amide bonds. The lowest BCUT2D eigenvalue weighted by molar-refractivity contribution is 0.00578. The topological polar surface area (TPSA) is 43.4 Å². The highest BCUT2D eigenvalue weighted by atomic mass is 16.7. The van der Waals surface area contributed by atoms with E-state index in [1.165, 1.54) is 6.42 Å². The van der Waals surface area contributed by atoms with Crippen molar-refractivity contribution in [1.82, 2.24) is 10.3 Å². The third-order valence-electron chi connectivity index (χ3n) is 4.75. The molecule has 2 saturated heterocycles. The van der Waals surface area contributed by atoms with E-state index in [0.29, 0.717) is 6.04 Å². The molecule has 3 heterocycles. The van der Waals surface area contributed by atoms with Crippen LogP contribution in [0.5, 0.6) is 0 Å². The van der Waals surface area contributed by atoms with Crippen molar-refractivity contribution in [2.45, 2.75) is 57.8 Å². The predicted octanol–water partition coefficient (Wildman–Crippen LogP) is 1.81. The molecule has 0 saturated carbocycles. The van der Waals surface area contributed by atoms with Gasteiger partial charge in [-0.2, -0.15) is 0 Å². The van der Waals surface area contributed by atoms with Crippen LogP contribution in [-0.4, -0.2) is 29.8 Å². The van der Waals surface area contributed by atoms with Gasteiger partial charge in [0.1, 0.15) is 0 Å². The Morgan fingerprint density at radius 2 is 1.95 bits per heavy atom. The van der Waals surface area contributed by atoms with E-state index < -0.39 is 0 Å².